The predicted molar refractivity (Wildman–Crippen MR) is 137 cm³/mol. The van der Waals surface area contributed by atoms with Crippen LogP contribution in [0.5, 0.6) is 0 Å². The molecule has 37 heavy (non-hydrogen) atoms. The maximum absolute atomic E-state index is 14.0. The Morgan fingerprint density at radius 2 is 1.03 bits per heavy atom. The third-order valence-corrected chi connectivity index (χ3v) is 9.61. The molecule has 0 heterocycles. The molecular formula is C22H31N3O10P2. The van der Waals surface area contributed by atoms with Gasteiger partial charge < -0.3 is 18.1 Å². The molecule has 0 aliphatic rings. The summed E-state index contributed by atoms with van der Waals surface area (Å²) in [4.78, 5) is 21.7. The summed E-state index contributed by atoms with van der Waals surface area (Å²) in [7, 11) is -8.23. The van der Waals surface area contributed by atoms with Gasteiger partial charge in [0.05, 0.1) is 36.3 Å². The number of nitro groups is 2. The molecule has 0 bridgehead atoms. The van der Waals surface area contributed by atoms with Gasteiger partial charge in [-0.25, -0.2) is 0 Å². The Labute approximate surface area is 214 Å². The van der Waals surface area contributed by atoms with E-state index < -0.39 is 36.6 Å². The summed E-state index contributed by atoms with van der Waals surface area (Å²) < 4.78 is 50.2. The van der Waals surface area contributed by atoms with Crippen molar-refractivity contribution in [2.45, 2.75) is 39.3 Å². The number of hydrogen-bond donors (Lipinski definition) is 1. The van der Waals surface area contributed by atoms with Gasteiger partial charge in [0.2, 0.25) is 0 Å². The fourth-order valence-corrected chi connectivity index (χ4v) is 7.62. The van der Waals surface area contributed by atoms with Gasteiger partial charge in [-0.15, -0.1) is 0 Å². The Morgan fingerprint density at radius 1 is 0.703 bits per heavy atom. The summed E-state index contributed by atoms with van der Waals surface area (Å²) in [6, 6.07) is 10.7. The van der Waals surface area contributed by atoms with Crippen molar-refractivity contribution in [2.75, 3.05) is 26.4 Å². The van der Waals surface area contributed by atoms with Crippen molar-refractivity contribution in [1.82, 2.24) is 5.32 Å². The first-order valence-electron chi connectivity index (χ1n) is 11.6. The van der Waals surface area contributed by atoms with Crippen LogP contribution < -0.4 is 5.32 Å². The average Bonchev–Trinajstić information content (AvgIpc) is 2.85. The molecule has 1 N–H and O–H groups in total. The summed E-state index contributed by atoms with van der Waals surface area (Å²) in [5.74, 6) is -2.77. The van der Waals surface area contributed by atoms with E-state index in [2.05, 4.69) is 5.32 Å². The van der Waals surface area contributed by atoms with Gasteiger partial charge in [0.25, 0.3) is 11.4 Å². The van der Waals surface area contributed by atoms with Gasteiger partial charge in [-0.3, -0.25) is 34.7 Å². The molecule has 2 atom stereocenters. The van der Waals surface area contributed by atoms with Crippen LogP contribution in [0.1, 0.15) is 50.4 Å². The fraction of sp³-hybridized carbons (Fsp3) is 0.455. The molecule has 0 aliphatic heterocycles. The second-order valence-corrected chi connectivity index (χ2v) is 11.7. The minimum Gasteiger partial charge on any atom is -0.308 e. The van der Waals surface area contributed by atoms with Crippen molar-refractivity contribution >= 4 is 26.6 Å². The quantitative estimate of drug-likeness (QED) is 0.139. The van der Waals surface area contributed by atoms with Crippen LogP contribution >= 0.6 is 15.2 Å². The average molecular weight is 559 g/mol. The lowest BCUT2D eigenvalue weighted by atomic mass is 10.1. The molecule has 13 nitrogen and oxygen atoms in total. The first-order valence-corrected chi connectivity index (χ1v) is 14.8. The second-order valence-electron chi connectivity index (χ2n) is 7.43. The maximum atomic E-state index is 14.0. The van der Waals surface area contributed by atoms with E-state index in [1.54, 1.807) is 27.7 Å². The van der Waals surface area contributed by atoms with Crippen molar-refractivity contribution in [1.29, 1.82) is 0 Å². The van der Waals surface area contributed by atoms with Crippen molar-refractivity contribution in [3.8, 4) is 0 Å². The zero-order chi connectivity index (χ0) is 27.6. The van der Waals surface area contributed by atoms with Crippen LogP contribution in [0.15, 0.2) is 48.5 Å². The fourth-order valence-electron chi connectivity index (χ4n) is 3.60. The highest BCUT2D eigenvalue weighted by atomic mass is 31.2. The van der Waals surface area contributed by atoms with Gasteiger partial charge in [-0.1, -0.05) is 24.3 Å². The van der Waals surface area contributed by atoms with Crippen LogP contribution in [0, 0.1) is 20.2 Å². The summed E-state index contributed by atoms with van der Waals surface area (Å²) >= 11 is 0. The number of benzene rings is 2. The molecular weight excluding hydrogens is 528 g/mol. The van der Waals surface area contributed by atoms with Crippen molar-refractivity contribution in [3.63, 3.8) is 0 Å². The summed E-state index contributed by atoms with van der Waals surface area (Å²) in [5.41, 5.74) is -0.272. The smallest absolute Gasteiger partial charge is 0.308 e. The van der Waals surface area contributed by atoms with E-state index >= 15 is 0 Å². The molecule has 204 valence electrons. The molecule has 2 aromatic carbocycles. The Morgan fingerprint density at radius 3 is 1.30 bits per heavy atom. The largest absolute Gasteiger partial charge is 0.351 e. The molecule has 0 aliphatic carbocycles. The molecule has 0 amide bonds. The third-order valence-electron chi connectivity index (χ3n) is 4.98. The highest BCUT2D eigenvalue weighted by molar-refractivity contribution is 7.55. The topological polar surface area (TPSA) is 169 Å². The summed E-state index contributed by atoms with van der Waals surface area (Å²) in [6.45, 7) is 6.28. The normalized spacial score (nSPS) is 13.7. The van der Waals surface area contributed by atoms with Crippen LogP contribution in [-0.2, 0) is 27.2 Å². The van der Waals surface area contributed by atoms with Crippen molar-refractivity contribution in [2.24, 2.45) is 0 Å². The minimum absolute atomic E-state index is 0.0273. The molecule has 15 heteroatoms. The molecule has 0 saturated heterocycles. The lowest BCUT2D eigenvalue weighted by Gasteiger charge is -2.34. The van der Waals surface area contributed by atoms with E-state index in [9.17, 15) is 29.4 Å². The van der Waals surface area contributed by atoms with Gasteiger partial charge in [-0.05, 0) is 38.8 Å². The first-order chi connectivity index (χ1) is 17.5. The molecule has 0 unspecified atom stereocenters. The van der Waals surface area contributed by atoms with Crippen LogP contribution in [0.25, 0.3) is 0 Å². The zero-order valence-electron chi connectivity index (χ0n) is 21.0. The van der Waals surface area contributed by atoms with E-state index in [-0.39, 0.29) is 48.9 Å². The molecule has 2 rings (SSSR count). The molecule has 0 fully saturated rings. The van der Waals surface area contributed by atoms with Gasteiger partial charge in [0.1, 0.15) is 11.6 Å². The Bertz CT molecular complexity index is 1070. The van der Waals surface area contributed by atoms with E-state index in [0.717, 1.165) is 0 Å². The molecule has 2 aromatic rings. The van der Waals surface area contributed by atoms with Crippen LogP contribution in [-0.4, -0.2) is 36.3 Å². The van der Waals surface area contributed by atoms with Crippen LogP contribution in [0.4, 0.5) is 11.4 Å². The number of non-ortho nitro benzene ring substituents is 2. The number of hydrogen-bond acceptors (Lipinski definition) is 11. The van der Waals surface area contributed by atoms with Crippen LogP contribution in [0.2, 0.25) is 0 Å². The molecule has 0 spiro atoms. The second kappa shape index (κ2) is 13.9. The number of nitrogens with zero attached hydrogens (tertiary/aromatic N) is 2. The highest BCUT2D eigenvalue weighted by Gasteiger charge is 2.45. The summed E-state index contributed by atoms with van der Waals surface area (Å²) in [5, 5.41) is 25.9. The Balaban J connectivity index is 2.80. The van der Waals surface area contributed by atoms with E-state index in [4.69, 9.17) is 18.1 Å². The number of nitro benzene ring substituents is 2. The van der Waals surface area contributed by atoms with E-state index in [0.29, 0.717) is 0 Å². The Kier molecular flexibility index (Phi) is 11.5. The SMILES string of the molecule is CCOP(=O)(OCC)[C@H](N[C@@H](c1cccc([N+](=O)[O-])c1)P(=O)(OCC)OCC)c1cccc([N+](=O)[O-])c1. The third kappa shape index (κ3) is 7.75. The van der Waals surface area contributed by atoms with Gasteiger partial charge in [0, 0.05) is 24.3 Å². The number of rotatable bonds is 16. The first kappa shape index (κ1) is 30.7. The highest BCUT2D eigenvalue weighted by Crippen LogP contribution is 2.65. The van der Waals surface area contributed by atoms with Crippen molar-refractivity contribution in [3.05, 3.63) is 79.9 Å². The lowest BCUT2D eigenvalue weighted by molar-refractivity contribution is -0.385. The monoisotopic (exact) mass is 559 g/mol. The standard InChI is InChI=1S/C22H31N3O10P2/c1-5-32-36(30,33-6-2)21(17-11-9-13-19(15-17)24(26)27)23-22(37(31,34-7-3)35-8-4)18-12-10-14-20(16-18)25(28)29/h9-16,21-23H,5-8H2,1-4H3/t21-,22+. The number of nitrogens with one attached hydrogen (secondary N) is 1. The van der Waals surface area contributed by atoms with E-state index in [1.807, 2.05) is 0 Å². The lowest BCUT2D eigenvalue weighted by Crippen LogP contribution is -2.29. The Hall–Kier alpha value is -2.50. The predicted octanol–water partition coefficient (Wildman–Crippen LogP) is 6.32. The molecule has 0 aromatic heterocycles. The van der Waals surface area contributed by atoms with Crippen molar-refractivity contribution < 1.29 is 37.1 Å². The molecule has 0 saturated carbocycles. The maximum Gasteiger partial charge on any atom is 0.351 e. The van der Waals surface area contributed by atoms with Gasteiger partial charge in [-0.2, -0.15) is 0 Å². The summed E-state index contributed by atoms with van der Waals surface area (Å²) in [6.07, 6.45) is 0. The van der Waals surface area contributed by atoms with E-state index in [1.165, 1.54) is 48.5 Å². The zero-order valence-corrected chi connectivity index (χ0v) is 22.8. The minimum atomic E-state index is -4.11. The van der Waals surface area contributed by atoms with Crippen LogP contribution in [0.3, 0.4) is 0 Å². The molecule has 0 radical (unpaired) electrons. The van der Waals surface area contributed by atoms with Gasteiger partial charge in [0.15, 0.2) is 0 Å². The van der Waals surface area contributed by atoms with Gasteiger partial charge >= 0.3 is 15.2 Å².